The summed E-state index contributed by atoms with van der Waals surface area (Å²) in [7, 11) is 0. The summed E-state index contributed by atoms with van der Waals surface area (Å²) in [6.45, 7) is 3.36. The van der Waals surface area contributed by atoms with Crippen molar-refractivity contribution in [3.05, 3.63) is 52.3 Å². The van der Waals surface area contributed by atoms with Crippen LogP contribution in [0.3, 0.4) is 0 Å². The summed E-state index contributed by atoms with van der Waals surface area (Å²) in [5, 5.41) is 6.15. The van der Waals surface area contributed by atoms with E-state index in [1.807, 2.05) is 31.2 Å². The molecule has 1 unspecified atom stereocenters. The minimum Gasteiger partial charge on any atom is -0.376 e. The van der Waals surface area contributed by atoms with Crippen LogP contribution in [0.4, 0.5) is 11.4 Å². The molecule has 0 saturated carbocycles. The summed E-state index contributed by atoms with van der Waals surface area (Å²) in [6.07, 6.45) is 3.87. The van der Waals surface area contributed by atoms with Gasteiger partial charge in [-0.05, 0) is 55.7 Å². The van der Waals surface area contributed by atoms with E-state index in [9.17, 15) is 4.79 Å². The number of rotatable bonds is 5. The van der Waals surface area contributed by atoms with Crippen LogP contribution in [0.5, 0.6) is 0 Å². The molecule has 1 saturated heterocycles. The smallest absolute Gasteiger partial charge is 0.269 e. The van der Waals surface area contributed by atoms with E-state index in [-0.39, 0.29) is 12.0 Å². The van der Waals surface area contributed by atoms with Crippen molar-refractivity contribution in [2.24, 2.45) is 0 Å². The molecule has 1 amide bonds. The number of hydrogen-bond acceptors (Lipinski definition) is 4. The molecule has 0 bridgehead atoms. The molecule has 2 heterocycles. The highest BCUT2D eigenvalue weighted by Gasteiger charge is 2.17. The quantitative estimate of drug-likeness (QED) is 0.815. The van der Waals surface area contributed by atoms with E-state index < -0.39 is 0 Å². The van der Waals surface area contributed by atoms with Crippen molar-refractivity contribution in [2.45, 2.75) is 25.9 Å². The molecule has 1 aliphatic rings. The van der Waals surface area contributed by atoms with Crippen molar-refractivity contribution in [2.75, 3.05) is 18.5 Å². The van der Waals surface area contributed by atoms with Crippen LogP contribution in [0.1, 0.15) is 28.9 Å². The standard InChI is InChI=1S/C18H20BrN3O2/c1-12-9-13(4-6-16(12)19)22-14-5-7-17(20-10-14)18(23)21-11-15-3-2-8-24-15/h4-7,9-10,15,22H,2-3,8,11H2,1H3,(H,21,23). The number of halogens is 1. The minimum absolute atomic E-state index is 0.135. The lowest BCUT2D eigenvalue weighted by Gasteiger charge is -2.11. The molecule has 2 N–H and O–H groups in total. The molecule has 24 heavy (non-hydrogen) atoms. The number of carbonyl (C=O) groups is 1. The van der Waals surface area contributed by atoms with Crippen LogP contribution in [0.2, 0.25) is 0 Å². The molecule has 3 rings (SSSR count). The predicted molar refractivity (Wildman–Crippen MR) is 97.7 cm³/mol. The zero-order valence-corrected chi connectivity index (χ0v) is 15.1. The Balaban J connectivity index is 1.57. The Labute approximate surface area is 149 Å². The fraction of sp³-hybridized carbons (Fsp3) is 0.333. The monoisotopic (exact) mass is 389 g/mol. The van der Waals surface area contributed by atoms with Gasteiger partial charge in [0.15, 0.2) is 0 Å². The maximum Gasteiger partial charge on any atom is 0.269 e. The lowest BCUT2D eigenvalue weighted by atomic mass is 10.2. The fourth-order valence-corrected chi connectivity index (χ4v) is 2.84. The van der Waals surface area contributed by atoms with Gasteiger partial charge < -0.3 is 15.4 Å². The van der Waals surface area contributed by atoms with Gasteiger partial charge in [0.1, 0.15) is 5.69 Å². The summed E-state index contributed by atoms with van der Waals surface area (Å²) in [5.41, 5.74) is 3.38. The van der Waals surface area contributed by atoms with Crippen LogP contribution in [-0.4, -0.2) is 30.1 Å². The van der Waals surface area contributed by atoms with Gasteiger partial charge in [-0.3, -0.25) is 4.79 Å². The topological polar surface area (TPSA) is 63.2 Å². The highest BCUT2D eigenvalue weighted by molar-refractivity contribution is 9.10. The van der Waals surface area contributed by atoms with Crippen molar-refractivity contribution in [3.8, 4) is 0 Å². The normalized spacial score (nSPS) is 16.8. The molecule has 1 aromatic heterocycles. The number of benzene rings is 1. The first-order valence-electron chi connectivity index (χ1n) is 8.01. The summed E-state index contributed by atoms with van der Waals surface area (Å²) in [5.74, 6) is -0.170. The Morgan fingerprint density at radius 1 is 1.33 bits per heavy atom. The molecular weight excluding hydrogens is 370 g/mol. The van der Waals surface area contributed by atoms with Crippen LogP contribution in [0, 0.1) is 6.92 Å². The number of amides is 1. The number of aryl methyl sites for hydroxylation is 1. The van der Waals surface area contributed by atoms with Crippen LogP contribution in [0.25, 0.3) is 0 Å². The summed E-state index contributed by atoms with van der Waals surface area (Å²) >= 11 is 3.49. The fourth-order valence-electron chi connectivity index (χ4n) is 2.59. The molecule has 1 atom stereocenters. The van der Waals surface area contributed by atoms with Crippen molar-refractivity contribution in [3.63, 3.8) is 0 Å². The third-order valence-corrected chi connectivity index (χ3v) is 4.85. The molecule has 1 aromatic carbocycles. The Morgan fingerprint density at radius 2 is 2.17 bits per heavy atom. The summed E-state index contributed by atoms with van der Waals surface area (Å²) < 4.78 is 6.57. The van der Waals surface area contributed by atoms with Gasteiger partial charge in [-0.25, -0.2) is 4.98 Å². The molecule has 2 aromatic rings. The molecule has 0 aliphatic carbocycles. The third-order valence-electron chi connectivity index (χ3n) is 3.96. The van der Waals surface area contributed by atoms with E-state index in [0.29, 0.717) is 12.2 Å². The first-order chi connectivity index (χ1) is 11.6. The third kappa shape index (κ3) is 4.33. The van der Waals surface area contributed by atoms with Crippen LogP contribution < -0.4 is 10.6 Å². The molecule has 5 nitrogen and oxygen atoms in total. The number of ether oxygens (including phenoxy) is 1. The largest absolute Gasteiger partial charge is 0.376 e. The highest BCUT2D eigenvalue weighted by atomic mass is 79.9. The Kier molecular flexibility index (Phi) is 5.48. The van der Waals surface area contributed by atoms with Gasteiger partial charge >= 0.3 is 0 Å². The maximum absolute atomic E-state index is 12.1. The zero-order valence-electron chi connectivity index (χ0n) is 13.5. The van der Waals surface area contributed by atoms with E-state index in [4.69, 9.17) is 4.74 Å². The molecule has 1 fully saturated rings. The summed E-state index contributed by atoms with van der Waals surface area (Å²) in [6, 6.07) is 9.61. The number of pyridine rings is 1. The van der Waals surface area contributed by atoms with E-state index in [0.717, 1.165) is 40.9 Å². The molecule has 0 spiro atoms. The van der Waals surface area contributed by atoms with Gasteiger partial charge in [0, 0.05) is 23.3 Å². The lowest BCUT2D eigenvalue weighted by Crippen LogP contribution is -2.32. The number of aromatic nitrogens is 1. The molecule has 0 radical (unpaired) electrons. The predicted octanol–water partition coefficient (Wildman–Crippen LogP) is 3.80. The molecule has 1 aliphatic heterocycles. The number of nitrogens with zero attached hydrogens (tertiary/aromatic N) is 1. The van der Waals surface area contributed by atoms with E-state index in [1.165, 1.54) is 0 Å². The second-order valence-electron chi connectivity index (χ2n) is 5.87. The Morgan fingerprint density at radius 3 is 2.83 bits per heavy atom. The van der Waals surface area contributed by atoms with Crippen molar-refractivity contribution in [1.29, 1.82) is 0 Å². The number of anilines is 2. The number of nitrogens with one attached hydrogen (secondary N) is 2. The molecular formula is C18H20BrN3O2. The maximum atomic E-state index is 12.1. The van der Waals surface area contributed by atoms with Crippen molar-refractivity contribution < 1.29 is 9.53 Å². The second-order valence-corrected chi connectivity index (χ2v) is 6.72. The summed E-state index contributed by atoms with van der Waals surface area (Å²) in [4.78, 5) is 16.3. The first-order valence-corrected chi connectivity index (χ1v) is 8.80. The van der Waals surface area contributed by atoms with Gasteiger partial charge in [0.25, 0.3) is 5.91 Å². The van der Waals surface area contributed by atoms with Crippen molar-refractivity contribution >= 4 is 33.2 Å². The second kappa shape index (κ2) is 7.77. The Hall–Kier alpha value is -1.92. The van der Waals surface area contributed by atoms with Gasteiger partial charge in [-0.2, -0.15) is 0 Å². The van der Waals surface area contributed by atoms with Crippen molar-refractivity contribution in [1.82, 2.24) is 10.3 Å². The van der Waals surface area contributed by atoms with Gasteiger partial charge in [0.2, 0.25) is 0 Å². The van der Waals surface area contributed by atoms with Gasteiger partial charge in [-0.15, -0.1) is 0 Å². The highest BCUT2D eigenvalue weighted by Crippen LogP contribution is 2.22. The van der Waals surface area contributed by atoms with E-state index in [1.54, 1.807) is 12.3 Å². The Bertz CT molecular complexity index is 713. The van der Waals surface area contributed by atoms with E-state index >= 15 is 0 Å². The van der Waals surface area contributed by atoms with Crippen LogP contribution in [-0.2, 0) is 4.74 Å². The average molecular weight is 390 g/mol. The number of hydrogen-bond donors (Lipinski definition) is 2. The zero-order chi connectivity index (χ0) is 16.9. The van der Waals surface area contributed by atoms with Crippen LogP contribution >= 0.6 is 15.9 Å². The first kappa shape index (κ1) is 16.9. The molecule has 126 valence electrons. The lowest BCUT2D eigenvalue weighted by molar-refractivity contribution is 0.0854. The number of carbonyl (C=O) groups excluding carboxylic acids is 1. The average Bonchev–Trinajstić information content (AvgIpc) is 3.10. The SMILES string of the molecule is Cc1cc(Nc2ccc(C(=O)NCC3CCCO3)nc2)ccc1Br. The van der Waals surface area contributed by atoms with Gasteiger partial charge in [0.05, 0.1) is 18.0 Å². The van der Waals surface area contributed by atoms with Crippen LogP contribution in [0.15, 0.2) is 41.0 Å². The van der Waals surface area contributed by atoms with E-state index in [2.05, 4.69) is 31.5 Å². The minimum atomic E-state index is -0.170. The molecule has 6 heteroatoms. The van der Waals surface area contributed by atoms with Gasteiger partial charge in [-0.1, -0.05) is 15.9 Å².